The zero-order chi connectivity index (χ0) is 13.8. The highest BCUT2D eigenvalue weighted by Gasteiger charge is 2.08. The van der Waals surface area contributed by atoms with Gasteiger partial charge in [0.05, 0.1) is 11.1 Å². The molecule has 2 rings (SSSR count). The van der Waals surface area contributed by atoms with Crippen LogP contribution in [0.25, 0.3) is 10.9 Å². The maximum absolute atomic E-state index is 9.23. The molecule has 0 aliphatic heterocycles. The number of nitrogens with one attached hydrogen (secondary N) is 1. The van der Waals surface area contributed by atoms with Crippen LogP contribution in [0.2, 0.25) is 0 Å². The average Bonchev–Trinajstić information content (AvgIpc) is 2.38. The number of pyridine rings is 1. The number of hydrogen-bond acceptors (Lipinski definition) is 4. The molecule has 0 radical (unpaired) electrons. The van der Waals surface area contributed by atoms with E-state index in [0.717, 1.165) is 29.4 Å². The van der Waals surface area contributed by atoms with E-state index in [0.29, 0.717) is 17.9 Å². The number of fused-ring (bicyclic) bond motifs is 1. The fourth-order valence-corrected chi connectivity index (χ4v) is 2.16. The van der Waals surface area contributed by atoms with E-state index in [9.17, 15) is 5.26 Å². The molecule has 0 atom stereocenters. The third-order valence-corrected chi connectivity index (χ3v) is 3.08. The van der Waals surface area contributed by atoms with Crippen molar-refractivity contribution in [2.45, 2.75) is 20.3 Å². The largest absolute Gasteiger partial charge is 0.369 e. The molecule has 4 heteroatoms. The van der Waals surface area contributed by atoms with Gasteiger partial charge in [0.1, 0.15) is 11.9 Å². The second kappa shape index (κ2) is 5.68. The molecule has 2 aromatic rings. The van der Waals surface area contributed by atoms with Crippen LogP contribution < -0.4 is 11.1 Å². The van der Waals surface area contributed by atoms with Crippen molar-refractivity contribution in [1.82, 2.24) is 4.98 Å². The number of rotatable bonds is 4. The normalized spacial score (nSPS) is 10.4. The van der Waals surface area contributed by atoms with Gasteiger partial charge in [-0.1, -0.05) is 6.07 Å². The first kappa shape index (κ1) is 13.3. The second-order valence-corrected chi connectivity index (χ2v) is 4.71. The lowest BCUT2D eigenvalue weighted by Gasteiger charge is -2.10. The van der Waals surface area contributed by atoms with Gasteiger partial charge in [-0.3, -0.25) is 0 Å². The van der Waals surface area contributed by atoms with Crippen LogP contribution in [0, 0.1) is 25.2 Å². The molecule has 0 aliphatic rings. The highest BCUT2D eigenvalue weighted by Crippen LogP contribution is 2.24. The van der Waals surface area contributed by atoms with Crippen LogP contribution >= 0.6 is 0 Å². The molecule has 0 spiro atoms. The molecule has 0 amide bonds. The van der Waals surface area contributed by atoms with E-state index >= 15 is 0 Å². The molecular weight excluding hydrogens is 236 g/mol. The van der Waals surface area contributed by atoms with Crippen LogP contribution in [-0.4, -0.2) is 18.1 Å². The summed E-state index contributed by atoms with van der Waals surface area (Å²) in [5.41, 5.74) is 9.29. The average molecular weight is 254 g/mol. The first-order valence-electron chi connectivity index (χ1n) is 6.41. The first-order chi connectivity index (χ1) is 9.15. The number of nitrogens with zero attached hydrogens (tertiary/aromatic N) is 2. The summed E-state index contributed by atoms with van der Waals surface area (Å²) in [7, 11) is 0. The van der Waals surface area contributed by atoms with Gasteiger partial charge < -0.3 is 11.1 Å². The lowest BCUT2D eigenvalue weighted by molar-refractivity contribution is 0.870. The molecule has 4 nitrogen and oxygen atoms in total. The van der Waals surface area contributed by atoms with Crippen molar-refractivity contribution in [2.24, 2.45) is 5.73 Å². The zero-order valence-electron chi connectivity index (χ0n) is 11.3. The van der Waals surface area contributed by atoms with Crippen molar-refractivity contribution in [1.29, 1.82) is 5.26 Å². The Morgan fingerprint density at radius 1 is 1.32 bits per heavy atom. The van der Waals surface area contributed by atoms with Gasteiger partial charge in [-0.15, -0.1) is 0 Å². The molecule has 0 fully saturated rings. The van der Waals surface area contributed by atoms with E-state index in [1.165, 1.54) is 5.56 Å². The van der Waals surface area contributed by atoms with Crippen LogP contribution in [-0.2, 0) is 0 Å². The van der Waals surface area contributed by atoms with Gasteiger partial charge in [0, 0.05) is 11.9 Å². The van der Waals surface area contributed by atoms with Crippen molar-refractivity contribution >= 4 is 16.7 Å². The van der Waals surface area contributed by atoms with Gasteiger partial charge in [-0.25, -0.2) is 4.98 Å². The second-order valence-electron chi connectivity index (χ2n) is 4.71. The minimum Gasteiger partial charge on any atom is -0.369 e. The molecule has 0 saturated carbocycles. The number of nitriles is 1. The number of hydrogen-bond donors (Lipinski definition) is 2. The van der Waals surface area contributed by atoms with E-state index in [4.69, 9.17) is 5.73 Å². The maximum Gasteiger partial charge on any atom is 0.144 e. The molecule has 1 aromatic carbocycles. The highest BCUT2D eigenvalue weighted by atomic mass is 15.0. The summed E-state index contributed by atoms with van der Waals surface area (Å²) in [6.07, 6.45) is 0.859. The Hall–Kier alpha value is -2.12. The van der Waals surface area contributed by atoms with Gasteiger partial charge in [0.15, 0.2) is 0 Å². The monoisotopic (exact) mass is 254 g/mol. The molecule has 0 unspecified atom stereocenters. The van der Waals surface area contributed by atoms with Crippen LogP contribution in [0.1, 0.15) is 23.1 Å². The fourth-order valence-electron chi connectivity index (χ4n) is 2.16. The van der Waals surface area contributed by atoms with Gasteiger partial charge in [-0.2, -0.15) is 5.26 Å². The summed E-state index contributed by atoms with van der Waals surface area (Å²) in [5, 5.41) is 13.4. The Morgan fingerprint density at radius 3 is 2.79 bits per heavy atom. The van der Waals surface area contributed by atoms with Gasteiger partial charge in [-0.05, 0) is 50.1 Å². The van der Waals surface area contributed by atoms with Crippen molar-refractivity contribution in [3.05, 3.63) is 34.9 Å². The highest BCUT2D eigenvalue weighted by molar-refractivity contribution is 5.86. The quantitative estimate of drug-likeness (QED) is 0.822. The molecule has 1 aromatic heterocycles. The number of aromatic nitrogens is 1. The summed E-state index contributed by atoms with van der Waals surface area (Å²) in [6.45, 7) is 5.45. The number of benzene rings is 1. The van der Waals surface area contributed by atoms with Crippen LogP contribution in [0.3, 0.4) is 0 Å². The summed E-state index contributed by atoms with van der Waals surface area (Å²) in [5.74, 6) is 0.647. The molecular formula is C15H18N4. The Bertz CT molecular complexity index is 641. The molecule has 1 heterocycles. The molecule has 3 N–H and O–H groups in total. The molecule has 98 valence electrons. The van der Waals surface area contributed by atoms with E-state index in [1.807, 2.05) is 26.0 Å². The summed E-state index contributed by atoms with van der Waals surface area (Å²) >= 11 is 0. The van der Waals surface area contributed by atoms with E-state index < -0.39 is 0 Å². The van der Waals surface area contributed by atoms with Crippen molar-refractivity contribution in [3.63, 3.8) is 0 Å². The summed E-state index contributed by atoms with van der Waals surface area (Å²) < 4.78 is 0. The predicted octanol–water partition coefficient (Wildman–Crippen LogP) is 2.48. The third kappa shape index (κ3) is 2.83. The zero-order valence-corrected chi connectivity index (χ0v) is 11.3. The number of anilines is 1. The van der Waals surface area contributed by atoms with Gasteiger partial charge >= 0.3 is 0 Å². The van der Waals surface area contributed by atoms with Crippen molar-refractivity contribution in [2.75, 3.05) is 18.4 Å². The SMILES string of the molecule is Cc1cc(C)c2cc(C#N)c(NCCCN)nc2c1. The summed E-state index contributed by atoms with van der Waals surface area (Å²) in [6, 6.07) is 8.25. The standard InChI is InChI=1S/C15H18N4/c1-10-6-11(2)13-8-12(9-17)15(18-5-3-4-16)19-14(13)7-10/h6-8H,3-5,16H2,1-2H3,(H,18,19). The van der Waals surface area contributed by atoms with E-state index in [-0.39, 0.29) is 0 Å². The number of nitrogens with two attached hydrogens (primary N) is 1. The maximum atomic E-state index is 9.23. The first-order valence-corrected chi connectivity index (χ1v) is 6.41. The third-order valence-electron chi connectivity index (χ3n) is 3.08. The molecule has 0 saturated heterocycles. The lowest BCUT2D eigenvalue weighted by Crippen LogP contribution is -2.10. The molecule has 0 aliphatic carbocycles. The lowest BCUT2D eigenvalue weighted by atomic mass is 10.0. The summed E-state index contributed by atoms with van der Waals surface area (Å²) in [4.78, 5) is 4.57. The predicted molar refractivity (Wildman–Crippen MR) is 78.1 cm³/mol. The van der Waals surface area contributed by atoms with Crippen molar-refractivity contribution < 1.29 is 0 Å². The topological polar surface area (TPSA) is 74.7 Å². The Kier molecular flexibility index (Phi) is 3.98. The molecule has 0 bridgehead atoms. The number of aryl methyl sites for hydroxylation is 2. The van der Waals surface area contributed by atoms with Crippen LogP contribution in [0.4, 0.5) is 5.82 Å². The molecule has 19 heavy (non-hydrogen) atoms. The van der Waals surface area contributed by atoms with Crippen LogP contribution in [0.5, 0.6) is 0 Å². The minimum atomic E-state index is 0.580. The Balaban J connectivity index is 2.49. The Morgan fingerprint density at radius 2 is 2.11 bits per heavy atom. The van der Waals surface area contributed by atoms with Crippen molar-refractivity contribution in [3.8, 4) is 6.07 Å². The van der Waals surface area contributed by atoms with E-state index in [1.54, 1.807) is 0 Å². The van der Waals surface area contributed by atoms with Gasteiger partial charge in [0.25, 0.3) is 0 Å². The smallest absolute Gasteiger partial charge is 0.144 e. The Labute approximate surface area is 113 Å². The minimum absolute atomic E-state index is 0.580. The fraction of sp³-hybridized carbons (Fsp3) is 0.333. The van der Waals surface area contributed by atoms with E-state index in [2.05, 4.69) is 22.4 Å². The van der Waals surface area contributed by atoms with Crippen LogP contribution in [0.15, 0.2) is 18.2 Å². The van der Waals surface area contributed by atoms with Gasteiger partial charge in [0.2, 0.25) is 0 Å².